The highest BCUT2D eigenvalue weighted by Crippen LogP contribution is 2.15. The second-order valence-electron chi connectivity index (χ2n) is 10.6. The summed E-state index contributed by atoms with van der Waals surface area (Å²) in [4.78, 5) is 4.23. The largest absolute Gasteiger partial charge is 0.379 e. The van der Waals surface area contributed by atoms with Crippen LogP contribution in [0.1, 0.15) is 108 Å². The van der Waals surface area contributed by atoms with E-state index in [-0.39, 0.29) is 6.10 Å². The summed E-state index contributed by atoms with van der Waals surface area (Å²) in [6, 6.07) is 8.64. The summed E-state index contributed by atoms with van der Waals surface area (Å²) in [6.07, 6.45) is 23.4. The molecule has 0 saturated carbocycles. The molecule has 0 spiro atoms. The fourth-order valence-electron chi connectivity index (χ4n) is 4.65. The molecule has 0 saturated heterocycles. The standard InChI is InChI=1S/C32H55N2O3/c1-4-5-6-7-8-9-10-11-12-13-14-15-16-17-24-36-27-32(35-3)28-37-26-31-20-18-30(19-21-31)25-34-23-22-33(2)29-34/h18-23,29,32H,4-17,24-28H2,1-3H3. The summed E-state index contributed by atoms with van der Waals surface area (Å²) >= 11 is 0. The van der Waals surface area contributed by atoms with Crippen molar-refractivity contribution in [1.82, 2.24) is 9.80 Å². The van der Waals surface area contributed by atoms with E-state index in [9.17, 15) is 0 Å². The van der Waals surface area contributed by atoms with E-state index in [1.54, 1.807) is 7.11 Å². The fraction of sp³-hybridized carbons (Fsp3) is 0.719. The van der Waals surface area contributed by atoms with Gasteiger partial charge in [0.2, 0.25) is 0 Å². The molecule has 211 valence electrons. The Kier molecular flexibility index (Phi) is 18.3. The SMILES string of the molecule is CCCCCCCCCCCCCCCCOCC(COCc1ccc(CN2[CH]N(C)C=C2)cc1)OC. The lowest BCUT2D eigenvalue weighted by Gasteiger charge is -2.17. The van der Waals surface area contributed by atoms with Crippen molar-refractivity contribution in [3.05, 3.63) is 54.5 Å². The van der Waals surface area contributed by atoms with Crippen molar-refractivity contribution in [3.63, 3.8) is 0 Å². The maximum absolute atomic E-state index is 5.90. The average Bonchev–Trinajstić information content (AvgIpc) is 3.32. The topological polar surface area (TPSA) is 34.2 Å². The van der Waals surface area contributed by atoms with Crippen LogP contribution in [0, 0.1) is 6.67 Å². The van der Waals surface area contributed by atoms with Crippen LogP contribution < -0.4 is 0 Å². The van der Waals surface area contributed by atoms with Crippen molar-refractivity contribution < 1.29 is 14.2 Å². The van der Waals surface area contributed by atoms with Gasteiger partial charge in [0.05, 0.1) is 19.8 Å². The first-order valence-corrected chi connectivity index (χ1v) is 15.0. The Morgan fingerprint density at radius 3 is 1.76 bits per heavy atom. The molecule has 5 nitrogen and oxygen atoms in total. The van der Waals surface area contributed by atoms with Gasteiger partial charge in [0.25, 0.3) is 0 Å². The number of hydrogen-bond donors (Lipinski definition) is 0. The maximum atomic E-state index is 5.90. The first-order valence-electron chi connectivity index (χ1n) is 15.0. The summed E-state index contributed by atoms with van der Waals surface area (Å²) in [7, 11) is 3.77. The quantitative estimate of drug-likeness (QED) is 0.130. The number of ether oxygens (including phenoxy) is 3. The third-order valence-corrected chi connectivity index (χ3v) is 7.06. The van der Waals surface area contributed by atoms with Gasteiger partial charge in [0.15, 0.2) is 0 Å². The molecule has 37 heavy (non-hydrogen) atoms. The zero-order valence-electron chi connectivity index (χ0n) is 24.2. The molecule has 1 heterocycles. The third kappa shape index (κ3) is 16.1. The summed E-state index contributed by atoms with van der Waals surface area (Å²) in [5.74, 6) is 0. The summed E-state index contributed by atoms with van der Waals surface area (Å²) < 4.78 is 17.3. The molecule has 1 radical (unpaired) electrons. The Morgan fingerprint density at radius 2 is 1.22 bits per heavy atom. The van der Waals surface area contributed by atoms with Gasteiger partial charge in [-0.05, 0) is 17.5 Å². The third-order valence-electron chi connectivity index (χ3n) is 7.06. The first kappa shape index (κ1) is 31.7. The molecular formula is C32H55N2O3. The van der Waals surface area contributed by atoms with Gasteiger partial charge in [-0.25, -0.2) is 0 Å². The normalized spacial score (nSPS) is 14.1. The molecule has 0 aromatic heterocycles. The van der Waals surface area contributed by atoms with Crippen LogP contribution in [-0.4, -0.2) is 49.9 Å². The van der Waals surface area contributed by atoms with E-state index in [1.165, 1.54) is 94.6 Å². The van der Waals surface area contributed by atoms with Crippen LogP contribution in [0.3, 0.4) is 0 Å². The number of unbranched alkanes of at least 4 members (excludes halogenated alkanes) is 13. The number of methoxy groups -OCH3 is 1. The molecular weight excluding hydrogens is 460 g/mol. The fourth-order valence-corrected chi connectivity index (χ4v) is 4.65. The van der Waals surface area contributed by atoms with Gasteiger partial charge in [-0.3, -0.25) is 0 Å². The van der Waals surface area contributed by atoms with Crippen LogP contribution in [0.15, 0.2) is 36.7 Å². The first-order chi connectivity index (χ1) is 18.2. The Morgan fingerprint density at radius 1 is 0.676 bits per heavy atom. The van der Waals surface area contributed by atoms with Crippen LogP contribution in [0.5, 0.6) is 0 Å². The van der Waals surface area contributed by atoms with Gasteiger partial charge < -0.3 is 24.0 Å². The van der Waals surface area contributed by atoms with Crippen molar-refractivity contribution in [2.45, 2.75) is 116 Å². The lowest BCUT2D eigenvalue weighted by atomic mass is 10.0. The number of nitrogens with zero attached hydrogens (tertiary/aromatic N) is 2. The summed E-state index contributed by atoms with van der Waals surface area (Å²) in [6.45, 7) is 7.82. The minimum absolute atomic E-state index is 0.0135. The molecule has 0 bridgehead atoms. The lowest BCUT2D eigenvalue weighted by Crippen LogP contribution is -2.24. The van der Waals surface area contributed by atoms with Crippen LogP contribution >= 0.6 is 0 Å². The lowest BCUT2D eigenvalue weighted by molar-refractivity contribution is -0.0451. The number of rotatable bonds is 24. The maximum Gasteiger partial charge on any atom is 0.141 e. The van der Waals surface area contributed by atoms with Crippen molar-refractivity contribution in [1.29, 1.82) is 0 Å². The average molecular weight is 516 g/mol. The summed E-state index contributed by atoms with van der Waals surface area (Å²) in [5.41, 5.74) is 2.46. The molecule has 0 N–H and O–H groups in total. The Labute approximate surface area is 228 Å². The minimum Gasteiger partial charge on any atom is -0.379 e. The van der Waals surface area contributed by atoms with Crippen molar-refractivity contribution in [2.75, 3.05) is 34.0 Å². The van der Waals surface area contributed by atoms with E-state index in [4.69, 9.17) is 14.2 Å². The molecule has 0 fully saturated rings. The smallest absolute Gasteiger partial charge is 0.141 e. The van der Waals surface area contributed by atoms with Crippen LogP contribution in [0.4, 0.5) is 0 Å². The molecule has 5 heteroatoms. The van der Waals surface area contributed by atoms with E-state index in [1.807, 2.05) is 7.05 Å². The minimum atomic E-state index is -0.0135. The Bertz CT molecular complexity index is 679. The van der Waals surface area contributed by atoms with E-state index in [0.29, 0.717) is 19.8 Å². The van der Waals surface area contributed by atoms with Gasteiger partial charge in [0.1, 0.15) is 12.8 Å². The van der Waals surface area contributed by atoms with E-state index in [2.05, 4.69) is 60.1 Å². The Hall–Kier alpha value is -1.56. The number of benzene rings is 1. The van der Waals surface area contributed by atoms with Gasteiger partial charge in [-0.2, -0.15) is 0 Å². The predicted molar refractivity (Wildman–Crippen MR) is 155 cm³/mol. The van der Waals surface area contributed by atoms with Gasteiger partial charge in [0, 0.05) is 39.7 Å². The number of hydrogen-bond acceptors (Lipinski definition) is 5. The Balaban J connectivity index is 1.38. The highest BCUT2D eigenvalue weighted by molar-refractivity contribution is 5.22. The van der Waals surface area contributed by atoms with Gasteiger partial charge in [-0.15, -0.1) is 0 Å². The molecule has 0 amide bonds. The van der Waals surface area contributed by atoms with Crippen LogP contribution in [0.25, 0.3) is 0 Å². The molecule has 1 aliphatic heterocycles. The van der Waals surface area contributed by atoms with Gasteiger partial charge in [-0.1, -0.05) is 115 Å². The van der Waals surface area contributed by atoms with E-state index >= 15 is 0 Å². The van der Waals surface area contributed by atoms with Crippen molar-refractivity contribution >= 4 is 0 Å². The van der Waals surface area contributed by atoms with E-state index in [0.717, 1.165) is 19.6 Å². The predicted octanol–water partition coefficient (Wildman–Crippen LogP) is 8.05. The van der Waals surface area contributed by atoms with Crippen molar-refractivity contribution in [2.24, 2.45) is 0 Å². The van der Waals surface area contributed by atoms with Crippen LogP contribution in [-0.2, 0) is 27.4 Å². The van der Waals surface area contributed by atoms with Crippen LogP contribution in [0.2, 0.25) is 0 Å². The van der Waals surface area contributed by atoms with Crippen molar-refractivity contribution in [3.8, 4) is 0 Å². The molecule has 1 aromatic carbocycles. The highest BCUT2D eigenvalue weighted by Gasteiger charge is 2.10. The highest BCUT2D eigenvalue weighted by atomic mass is 16.6. The molecule has 2 rings (SSSR count). The van der Waals surface area contributed by atoms with Gasteiger partial charge >= 0.3 is 0 Å². The second kappa shape index (κ2) is 21.4. The second-order valence-corrected chi connectivity index (χ2v) is 10.6. The monoisotopic (exact) mass is 515 g/mol. The molecule has 1 unspecified atom stereocenters. The zero-order valence-corrected chi connectivity index (χ0v) is 24.2. The van der Waals surface area contributed by atoms with E-state index < -0.39 is 0 Å². The molecule has 1 aliphatic rings. The molecule has 1 atom stereocenters. The molecule has 1 aromatic rings. The molecule has 0 aliphatic carbocycles. The summed E-state index contributed by atoms with van der Waals surface area (Å²) in [5, 5.41) is 0. The zero-order chi connectivity index (χ0) is 26.4.